The summed E-state index contributed by atoms with van der Waals surface area (Å²) in [5.74, 6) is 1.31. The molecule has 0 fully saturated rings. The zero-order valence-corrected chi connectivity index (χ0v) is 17.1. The molecule has 3 rings (SSSR count). The average molecular weight is 420 g/mol. The van der Waals surface area contributed by atoms with E-state index in [9.17, 15) is 4.39 Å². The van der Waals surface area contributed by atoms with Gasteiger partial charge in [-0.15, -0.1) is 0 Å². The predicted molar refractivity (Wildman–Crippen MR) is 109 cm³/mol. The van der Waals surface area contributed by atoms with Crippen LogP contribution in [0.5, 0.6) is 11.5 Å². The Hall–Kier alpha value is -2.87. The summed E-state index contributed by atoms with van der Waals surface area (Å²) in [6, 6.07) is 9.81. The third-order valence-corrected chi connectivity index (χ3v) is 4.36. The molecule has 0 spiro atoms. The fourth-order valence-electron chi connectivity index (χ4n) is 2.74. The van der Waals surface area contributed by atoms with Crippen molar-refractivity contribution < 1.29 is 13.9 Å². The molecule has 2 aromatic carbocycles. The number of aryl methyl sites for hydroxylation is 1. The second-order valence-electron chi connectivity index (χ2n) is 6.33. The molecule has 7 nitrogen and oxygen atoms in total. The van der Waals surface area contributed by atoms with Crippen LogP contribution in [0.2, 0.25) is 5.02 Å². The summed E-state index contributed by atoms with van der Waals surface area (Å²) in [5, 5.41) is 15.3. The van der Waals surface area contributed by atoms with Crippen molar-refractivity contribution in [1.29, 1.82) is 0 Å². The molecule has 0 saturated heterocycles. The molecule has 3 aromatic rings. The largest absolute Gasteiger partial charge is 0.490 e. The molecule has 0 amide bonds. The van der Waals surface area contributed by atoms with Gasteiger partial charge in [0.25, 0.3) is 0 Å². The van der Waals surface area contributed by atoms with E-state index in [-0.39, 0.29) is 12.4 Å². The Bertz CT molecular complexity index is 933. The van der Waals surface area contributed by atoms with Crippen LogP contribution >= 0.6 is 11.6 Å². The Morgan fingerprint density at radius 2 is 1.90 bits per heavy atom. The van der Waals surface area contributed by atoms with Crippen LogP contribution in [0, 0.1) is 5.82 Å². The van der Waals surface area contributed by atoms with Crippen LogP contribution in [-0.2, 0) is 19.7 Å². The zero-order valence-electron chi connectivity index (χ0n) is 16.4. The Labute approximate surface area is 173 Å². The monoisotopic (exact) mass is 419 g/mol. The number of nitrogens with zero attached hydrogens (tertiary/aromatic N) is 4. The van der Waals surface area contributed by atoms with Gasteiger partial charge >= 0.3 is 0 Å². The highest BCUT2D eigenvalue weighted by atomic mass is 35.5. The zero-order chi connectivity index (χ0) is 20.6. The standard InChI is InChI=1S/C20H23ClFN5O2/c1-3-9-27-20(24-25-26-27)23-12-15-10-17(21)19(18(11-15)28-4-2)29-13-14-5-7-16(22)8-6-14/h5-8,10-11H,3-4,9,12-13H2,1-2H3,(H,23,24,26). The lowest BCUT2D eigenvalue weighted by Gasteiger charge is -2.16. The SMILES string of the molecule is CCCn1nnnc1NCc1cc(Cl)c(OCc2ccc(F)cc2)c(OCC)c1. The van der Waals surface area contributed by atoms with E-state index in [0.29, 0.717) is 35.6 Å². The number of hydrogen-bond acceptors (Lipinski definition) is 6. The van der Waals surface area contributed by atoms with E-state index in [1.165, 1.54) is 12.1 Å². The first-order valence-corrected chi connectivity index (χ1v) is 9.81. The summed E-state index contributed by atoms with van der Waals surface area (Å²) in [7, 11) is 0. The number of tetrazole rings is 1. The highest BCUT2D eigenvalue weighted by Crippen LogP contribution is 2.37. The number of benzene rings is 2. The molecule has 0 aliphatic heterocycles. The second-order valence-corrected chi connectivity index (χ2v) is 6.74. The van der Waals surface area contributed by atoms with E-state index < -0.39 is 0 Å². The topological polar surface area (TPSA) is 74.1 Å². The normalized spacial score (nSPS) is 10.8. The average Bonchev–Trinajstić information content (AvgIpc) is 3.15. The van der Waals surface area contributed by atoms with Gasteiger partial charge in [-0.1, -0.05) is 35.8 Å². The van der Waals surface area contributed by atoms with Gasteiger partial charge in [0.05, 0.1) is 11.6 Å². The predicted octanol–water partition coefficient (Wildman–Crippen LogP) is 4.47. The lowest BCUT2D eigenvalue weighted by atomic mass is 10.2. The molecule has 0 aliphatic carbocycles. The van der Waals surface area contributed by atoms with E-state index in [1.807, 2.05) is 19.1 Å². The van der Waals surface area contributed by atoms with Gasteiger partial charge in [-0.3, -0.25) is 0 Å². The molecule has 0 atom stereocenters. The summed E-state index contributed by atoms with van der Waals surface area (Å²) < 4.78 is 26.4. The second kappa shape index (κ2) is 10.1. The first-order chi connectivity index (χ1) is 14.1. The summed E-state index contributed by atoms with van der Waals surface area (Å²) >= 11 is 6.47. The van der Waals surface area contributed by atoms with E-state index in [4.69, 9.17) is 21.1 Å². The van der Waals surface area contributed by atoms with Gasteiger partial charge < -0.3 is 14.8 Å². The van der Waals surface area contributed by atoms with Crippen molar-refractivity contribution in [3.05, 3.63) is 58.4 Å². The Kier molecular flexibility index (Phi) is 7.24. The third kappa shape index (κ3) is 5.57. The molecule has 29 heavy (non-hydrogen) atoms. The highest BCUT2D eigenvalue weighted by molar-refractivity contribution is 6.32. The summed E-state index contributed by atoms with van der Waals surface area (Å²) in [4.78, 5) is 0. The van der Waals surface area contributed by atoms with Crippen LogP contribution in [0.25, 0.3) is 0 Å². The smallest absolute Gasteiger partial charge is 0.243 e. The van der Waals surface area contributed by atoms with Gasteiger partial charge in [0.15, 0.2) is 11.5 Å². The summed E-state index contributed by atoms with van der Waals surface area (Å²) in [6.07, 6.45) is 0.931. The third-order valence-electron chi connectivity index (χ3n) is 4.08. The van der Waals surface area contributed by atoms with Gasteiger partial charge in [0, 0.05) is 13.1 Å². The number of nitrogens with one attached hydrogen (secondary N) is 1. The van der Waals surface area contributed by atoms with Crippen molar-refractivity contribution in [1.82, 2.24) is 20.2 Å². The molecular weight excluding hydrogens is 397 g/mol. The minimum atomic E-state index is -0.288. The van der Waals surface area contributed by atoms with Crippen molar-refractivity contribution in [3.8, 4) is 11.5 Å². The summed E-state index contributed by atoms with van der Waals surface area (Å²) in [6.45, 7) is 5.88. The van der Waals surface area contributed by atoms with Crippen LogP contribution in [-0.4, -0.2) is 26.8 Å². The van der Waals surface area contributed by atoms with Gasteiger partial charge in [-0.25, -0.2) is 9.07 Å². The quantitative estimate of drug-likeness (QED) is 0.522. The number of halogens is 2. The minimum absolute atomic E-state index is 0.253. The van der Waals surface area contributed by atoms with Crippen molar-refractivity contribution in [2.24, 2.45) is 0 Å². The Morgan fingerprint density at radius 1 is 1.10 bits per heavy atom. The molecule has 0 bridgehead atoms. The van der Waals surface area contributed by atoms with Crippen molar-refractivity contribution in [3.63, 3.8) is 0 Å². The van der Waals surface area contributed by atoms with Crippen molar-refractivity contribution in [2.75, 3.05) is 11.9 Å². The maximum Gasteiger partial charge on any atom is 0.243 e. The highest BCUT2D eigenvalue weighted by Gasteiger charge is 2.14. The first kappa shape index (κ1) is 20.9. The van der Waals surface area contributed by atoms with E-state index in [2.05, 4.69) is 27.8 Å². The van der Waals surface area contributed by atoms with Gasteiger partial charge in [0.2, 0.25) is 5.95 Å². The maximum absolute atomic E-state index is 13.1. The molecule has 1 N–H and O–H groups in total. The molecule has 0 saturated carbocycles. The minimum Gasteiger partial charge on any atom is -0.490 e. The first-order valence-electron chi connectivity index (χ1n) is 9.43. The lowest BCUT2D eigenvalue weighted by molar-refractivity contribution is 0.269. The number of hydrogen-bond donors (Lipinski definition) is 1. The molecule has 9 heteroatoms. The van der Waals surface area contributed by atoms with Gasteiger partial charge in [-0.2, -0.15) is 0 Å². The van der Waals surface area contributed by atoms with E-state index in [1.54, 1.807) is 16.8 Å². The van der Waals surface area contributed by atoms with Crippen LogP contribution in [0.15, 0.2) is 36.4 Å². The van der Waals surface area contributed by atoms with Gasteiger partial charge in [0.1, 0.15) is 12.4 Å². The molecule has 1 heterocycles. The number of anilines is 1. The molecule has 154 valence electrons. The maximum atomic E-state index is 13.1. The fourth-order valence-corrected chi connectivity index (χ4v) is 3.03. The fraction of sp³-hybridized carbons (Fsp3) is 0.350. The molecule has 0 radical (unpaired) electrons. The van der Waals surface area contributed by atoms with Crippen LogP contribution in [0.3, 0.4) is 0 Å². The van der Waals surface area contributed by atoms with Crippen LogP contribution in [0.4, 0.5) is 10.3 Å². The number of rotatable bonds is 10. The van der Waals surface area contributed by atoms with Crippen molar-refractivity contribution >= 4 is 17.5 Å². The molecular formula is C20H23ClFN5O2. The Balaban J connectivity index is 1.73. The summed E-state index contributed by atoms with van der Waals surface area (Å²) in [5.41, 5.74) is 1.73. The Morgan fingerprint density at radius 3 is 2.62 bits per heavy atom. The van der Waals surface area contributed by atoms with E-state index >= 15 is 0 Å². The molecule has 0 unspecified atom stereocenters. The molecule has 1 aromatic heterocycles. The van der Waals surface area contributed by atoms with Crippen LogP contribution in [0.1, 0.15) is 31.4 Å². The number of ether oxygens (including phenoxy) is 2. The number of aromatic nitrogens is 4. The molecule has 0 aliphatic rings. The van der Waals surface area contributed by atoms with Crippen molar-refractivity contribution in [2.45, 2.75) is 40.0 Å². The van der Waals surface area contributed by atoms with E-state index in [0.717, 1.165) is 24.1 Å². The van der Waals surface area contributed by atoms with Crippen LogP contribution < -0.4 is 14.8 Å². The lowest BCUT2D eigenvalue weighted by Crippen LogP contribution is -2.09. The van der Waals surface area contributed by atoms with Gasteiger partial charge in [-0.05, 0) is 59.2 Å².